The number of Topliss-reactive ketones (excluding diaryl/α,β-unsaturated/α-hetero) is 1. The lowest BCUT2D eigenvalue weighted by molar-refractivity contribution is -0.181. The topological polar surface area (TPSA) is 115 Å². The van der Waals surface area contributed by atoms with E-state index in [4.69, 9.17) is 18.9 Å². The molecule has 2 spiro atoms. The van der Waals surface area contributed by atoms with Gasteiger partial charge in [-0.25, -0.2) is 0 Å². The molecule has 57 heavy (non-hydrogen) atoms. The summed E-state index contributed by atoms with van der Waals surface area (Å²) in [5, 5.41) is 24.4. The minimum atomic E-state index is -1.22. The van der Waals surface area contributed by atoms with E-state index in [1.165, 1.54) is 6.42 Å². The third kappa shape index (κ3) is 6.15. The summed E-state index contributed by atoms with van der Waals surface area (Å²) >= 11 is 0. The van der Waals surface area contributed by atoms with Gasteiger partial charge in [-0.3, -0.25) is 9.59 Å². The highest BCUT2D eigenvalue weighted by Crippen LogP contribution is 2.78. The molecule has 8 unspecified atom stereocenters. The number of hydrogen-bond donors (Lipinski definition) is 2. The molecule has 0 heterocycles. The van der Waals surface area contributed by atoms with Crippen LogP contribution in [0.4, 0.5) is 0 Å². The number of carbonyl (C=O) groups is 2. The highest BCUT2D eigenvalue weighted by atomic mass is 16.5. The summed E-state index contributed by atoms with van der Waals surface area (Å²) < 4.78 is 22.3. The number of hydrogen-bond acceptors (Lipinski definition) is 8. The molecule has 9 nitrogen and oxygen atoms in total. The second kappa shape index (κ2) is 14.8. The van der Waals surface area contributed by atoms with Gasteiger partial charge >= 0.3 is 0 Å². The Hall–Kier alpha value is -3.82. The molecule has 0 radical (unpaired) electrons. The average Bonchev–Trinajstić information content (AvgIpc) is 3.50. The van der Waals surface area contributed by atoms with Gasteiger partial charge in [0.2, 0.25) is 5.91 Å². The molecule has 2 aromatic carbocycles. The lowest BCUT2D eigenvalue weighted by Gasteiger charge is -2.71. The van der Waals surface area contributed by atoms with E-state index in [9.17, 15) is 15.0 Å². The zero-order chi connectivity index (χ0) is 40.4. The van der Waals surface area contributed by atoms with Crippen molar-refractivity contribution in [1.82, 2.24) is 4.90 Å². The smallest absolute Gasteiger partial charge is 0.227 e. The average molecular weight is 782 g/mol. The second-order valence-electron chi connectivity index (χ2n) is 18.8. The van der Waals surface area contributed by atoms with Gasteiger partial charge in [0.25, 0.3) is 0 Å². The van der Waals surface area contributed by atoms with Crippen LogP contribution < -0.4 is 18.9 Å². The van der Waals surface area contributed by atoms with Crippen LogP contribution in [0, 0.1) is 39.4 Å². The van der Waals surface area contributed by atoms with Crippen LogP contribution in [-0.2, 0) is 22.6 Å². The van der Waals surface area contributed by atoms with E-state index in [1.807, 2.05) is 41.3 Å². The fourth-order valence-electron chi connectivity index (χ4n) is 13.2. The van der Waals surface area contributed by atoms with Crippen LogP contribution in [0.1, 0.15) is 102 Å². The normalized spacial score (nSPS) is 35.4. The van der Waals surface area contributed by atoms with Gasteiger partial charge in [0.15, 0.2) is 17.3 Å². The minimum absolute atomic E-state index is 0.0177. The molecule has 7 aliphatic rings. The van der Waals surface area contributed by atoms with Crippen molar-refractivity contribution in [3.05, 3.63) is 71.3 Å². The van der Waals surface area contributed by atoms with Crippen molar-refractivity contribution < 1.29 is 38.7 Å². The van der Waals surface area contributed by atoms with E-state index in [0.29, 0.717) is 41.6 Å². The van der Waals surface area contributed by atoms with Crippen LogP contribution in [0.25, 0.3) is 0 Å². The lowest BCUT2D eigenvalue weighted by atomic mass is 9.32. The number of fused-ring (bicyclic) bond motifs is 1. The lowest BCUT2D eigenvalue weighted by Crippen LogP contribution is -2.67. The van der Waals surface area contributed by atoms with Crippen LogP contribution in [0.5, 0.6) is 23.0 Å². The quantitative estimate of drug-likeness (QED) is 0.208. The third-order valence-electron chi connectivity index (χ3n) is 16.4. The number of nitrogens with zero attached hydrogens (tertiary/aromatic N) is 1. The van der Waals surface area contributed by atoms with Crippen LogP contribution in [0.2, 0.25) is 0 Å². The summed E-state index contributed by atoms with van der Waals surface area (Å²) in [4.78, 5) is 31.5. The molecule has 8 atom stereocenters. The number of aliphatic hydroxyl groups excluding tert-OH is 1. The monoisotopic (exact) mass is 781 g/mol. The van der Waals surface area contributed by atoms with Crippen molar-refractivity contribution in [1.29, 1.82) is 0 Å². The molecule has 9 rings (SSSR count). The summed E-state index contributed by atoms with van der Waals surface area (Å²) in [5.74, 6) is 2.89. The standard InChI is InChI=1S/C48H63NO8/c1-44-19-16-34(50)27-46(44)22-23-48(36(28-46)43(52)32-10-8-7-9-11-32)40(44)17-20-45(2)41(48)18-21-47(45,53)30-49(29-33-13-14-35(54-3)26-38(33)56-5)42(51)25-31-12-15-37(55-4)39(24-31)57-6/h12-15,22-24,26,28,32,34,40-41,50,53H,7-11,16-21,25,27,29-30H2,1-6H3. The molecule has 1 amide bonds. The number of rotatable bonds is 12. The van der Waals surface area contributed by atoms with Crippen molar-refractivity contribution in [3.8, 4) is 23.0 Å². The number of methoxy groups -OCH3 is 4. The van der Waals surface area contributed by atoms with Crippen molar-refractivity contribution in [3.63, 3.8) is 0 Å². The van der Waals surface area contributed by atoms with E-state index >= 15 is 4.79 Å². The molecule has 4 fully saturated rings. The molecular weight excluding hydrogens is 719 g/mol. The Morgan fingerprint density at radius 3 is 2.19 bits per heavy atom. The molecule has 2 N–H and O–H groups in total. The predicted octanol–water partition coefficient (Wildman–Crippen LogP) is 8.03. The molecule has 0 aromatic heterocycles. The van der Waals surface area contributed by atoms with Gasteiger partial charge in [0, 0.05) is 45.9 Å². The SMILES string of the molecule is COc1ccc(CN(CC2(O)CCC3C45C=CC6(C=C4C(=O)C4CCCCC4)CC(O)CCC6(C)C5CCC32C)C(=O)Cc2ccc(OC)c(OC)c2)c(OC)c1. The number of allylic oxidation sites excluding steroid dienone is 4. The first kappa shape index (κ1) is 40.0. The number of ether oxygens (including phenoxy) is 4. The summed E-state index contributed by atoms with van der Waals surface area (Å²) in [5.41, 5.74) is -0.155. The fourth-order valence-corrected chi connectivity index (χ4v) is 13.2. The van der Waals surface area contributed by atoms with Crippen LogP contribution in [0.15, 0.2) is 60.2 Å². The Morgan fingerprint density at radius 1 is 0.772 bits per heavy atom. The molecule has 0 saturated heterocycles. The first-order valence-electron chi connectivity index (χ1n) is 21.4. The second-order valence-corrected chi connectivity index (χ2v) is 18.8. The number of aliphatic hydroxyl groups is 2. The Balaban J connectivity index is 1.17. The molecule has 7 aliphatic carbocycles. The van der Waals surface area contributed by atoms with E-state index in [1.54, 1.807) is 28.4 Å². The number of amides is 1. The van der Waals surface area contributed by atoms with E-state index in [-0.39, 0.29) is 60.1 Å². The summed E-state index contributed by atoms with van der Waals surface area (Å²) in [6, 6.07) is 11.2. The van der Waals surface area contributed by atoms with Gasteiger partial charge in [0.1, 0.15) is 11.5 Å². The molecule has 2 bridgehead atoms. The van der Waals surface area contributed by atoms with Crippen molar-refractivity contribution >= 4 is 11.7 Å². The Kier molecular flexibility index (Phi) is 10.4. The number of benzene rings is 2. The summed E-state index contributed by atoms with van der Waals surface area (Å²) in [7, 11) is 6.41. The molecule has 9 heteroatoms. The summed E-state index contributed by atoms with van der Waals surface area (Å²) in [6.07, 6.45) is 17.4. The zero-order valence-electron chi connectivity index (χ0n) is 34.9. The minimum Gasteiger partial charge on any atom is -0.497 e. The Morgan fingerprint density at radius 2 is 1.47 bits per heavy atom. The van der Waals surface area contributed by atoms with E-state index < -0.39 is 16.4 Å². The molecule has 2 aromatic rings. The molecular formula is C48H63NO8. The first-order chi connectivity index (χ1) is 27.3. The van der Waals surface area contributed by atoms with Gasteiger partial charge in [-0.05, 0) is 105 Å². The maximum absolute atomic E-state index is 15.0. The highest BCUT2D eigenvalue weighted by molar-refractivity contribution is 6.00. The van der Waals surface area contributed by atoms with Crippen molar-refractivity contribution in [2.45, 2.75) is 116 Å². The predicted molar refractivity (Wildman–Crippen MR) is 218 cm³/mol. The van der Waals surface area contributed by atoms with Crippen molar-refractivity contribution in [2.75, 3.05) is 35.0 Å². The van der Waals surface area contributed by atoms with Crippen LogP contribution in [0.3, 0.4) is 0 Å². The van der Waals surface area contributed by atoms with Gasteiger partial charge in [0.05, 0.1) is 53.1 Å². The van der Waals surface area contributed by atoms with Gasteiger partial charge in [-0.15, -0.1) is 0 Å². The van der Waals surface area contributed by atoms with Crippen LogP contribution in [-0.4, -0.2) is 73.5 Å². The van der Waals surface area contributed by atoms with E-state index in [2.05, 4.69) is 32.1 Å². The van der Waals surface area contributed by atoms with Gasteiger partial charge < -0.3 is 34.1 Å². The number of carbonyl (C=O) groups excluding carboxylic acids is 2. The van der Waals surface area contributed by atoms with Gasteiger partial charge in [-0.1, -0.05) is 57.4 Å². The van der Waals surface area contributed by atoms with E-state index in [0.717, 1.165) is 74.5 Å². The summed E-state index contributed by atoms with van der Waals surface area (Å²) in [6.45, 7) is 5.07. The highest BCUT2D eigenvalue weighted by Gasteiger charge is 2.74. The van der Waals surface area contributed by atoms with Crippen molar-refractivity contribution in [2.24, 2.45) is 39.4 Å². The first-order valence-corrected chi connectivity index (χ1v) is 21.4. The maximum Gasteiger partial charge on any atom is 0.227 e. The fraction of sp³-hybridized carbons (Fsp3) is 0.625. The Bertz CT molecular complexity index is 1950. The molecule has 0 aliphatic heterocycles. The zero-order valence-corrected chi connectivity index (χ0v) is 34.9. The number of ketones is 1. The van der Waals surface area contributed by atoms with Crippen LogP contribution >= 0.6 is 0 Å². The largest absolute Gasteiger partial charge is 0.497 e. The molecule has 308 valence electrons. The Labute approximate surface area is 338 Å². The third-order valence-corrected chi connectivity index (χ3v) is 16.4. The maximum atomic E-state index is 15.0. The van der Waals surface area contributed by atoms with Gasteiger partial charge in [-0.2, -0.15) is 0 Å². The molecule has 4 saturated carbocycles.